The topological polar surface area (TPSA) is 67.8 Å². The molecule has 4 saturated carbocycles. The summed E-state index contributed by atoms with van der Waals surface area (Å²) in [5.41, 5.74) is 0.994. The fourth-order valence-electron chi connectivity index (χ4n) is 7.57. The highest BCUT2D eigenvalue weighted by molar-refractivity contribution is 5.93. The van der Waals surface area contributed by atoms with Gasteiger partial charge in [0.15, 0.2) is 0 Å². The molecular formula is C23H34N2O3. The molecule has 5 rings (SSSR count). The summed E-state index contributed by atoms with van der Waals surface area (Å²) < 4.78 is 0. The highest BCUT2D eigenvalue weighted by atomic mass is 16.6. The van der Waals surface area contributed by atoms with Gasteiger partial charge in [0, 0.05) is 37.1 Å². The van der Waals surface area contributed by atoms with Crippen molar-refractivity contribution in [2.24, 2.45) is 39.7 Å². The smallest absolute Gasteiger partial charge is 0.141 e. The van der Waals surface area contributed by atoms with Crippen molar-refractivity contribution in [2.45, 2.75) is 77.7 Å². The Morgan fingerprint density at radius 1 is 1.04 bits per heavy atom. The van der Waals surface area contributed by atoms with Crippen LogP contribution in [0, 0.1) is 34.5 Å². The summed E-state index contributed by atoms with van der Waals surface area (Å²) in [5.74, 6) is 2.38. The van der Waals surface area contributed by atoms with E-state index >= 15 is 0 Å². The second kappa shape index (κ2) is 6.65. The number of carbonyl (C=O) groups excluding carboxylic acids is 2. The maximum absolute atomic E-state index is 13.3. The molecule has 0 aromatic rings. The van der Waals surface area contributed by atoms with Gasteiger partial charge >= 0.3 is 0 Å². The lowest BCUT2D eigenvalue weighted by Gasteiger charge is -2.58. The molecular weight excluding hydrogens is 352 g/mol. The van der Waals surface area contributed by atoms with Gasteiger partial charge in [-0.3, -0.25) is 9.59 Å². The lowest BCUT2D eigenvalue weighted by molar-refractivity contribution is -0.152. The van der Waals surface area contributed by atoms with Gasteiger partial charge in [-0.25, -0.2) is 0 Å². The van der Waals surface area contributed by atoms with Gasteiger partial charge in [0.05, 0.1) is 5.71 Å². The van der Waals surface area contributed by atoms with Gasteiger partial charge in [-0.15, -0.1) is 0 Å². The molecule has 1 aliphatic heterocycles. The van der Waals surface area contributed by atoms with Gasteiger partial charge in [-0.2, -0.15) is 0 Å². The van der Waals surface area contributed by atoms with E-state index in [9.17, 15) is 9.59 Å². The molecule has 0 amide bonds. The molecule has 5 aliphatic rings. The molecule has 0 aromatic heterocycles. The predicted octanol–water partition coefficient (Wildman–Crippen LogP) is 3.51. The zero-order chi connectivity index (χ0) is 19.5. The first-order valence-corrected chi connectivity index (χ1v) is 11.4. The fraction of sp³-hybridized carbons (Fsp3) is 0.870. The number of oxime groups is 1. The van der Waals surface area contributed by atoms with Gasteiger partial charge < -0.3 is 10.2 Å². The molecule has 0 spiro atoms. The highest BCUT2D eigenvalue weighted by Gasteiger charge is 2.62. The number of nitrogens with zero attached hydrogens (tertiary/aromatic N) is 1. The van der Waals surface area contributed by atoms with Crippen LogP contribution in [0.15, 0.2) is 5.16 Å². The summed E-state index contributed by atoms with van der Waals surface area (Å²) in [5, 5.41) is 7.78. The highest BCUT2D eigenvalue weighted by Crippen LogP contribution is 2.64. The van der Waals surface area contributed by atoms with Gasteiger partial charge in [0.2, 0.25) is 0 Å². The van der Waals surface area contributed by atoms with Gasteiger partial charge in [-0.05, 0) is 68.2 Å². The number of fused-ring (bicyclic) bond motifs is 5. The Hall–Kier alpha value is -1.23. The fourth-order valence-corrected chi connectivity index (χ4v) is 7.57. The number of nitrogens with one attached hydrogen (secondary N) is 1. The normalized spacial score (nSPS) is 49.6. The van der Waals surface area contributed by atoms with Crippen molar-refractivity contribution in [3.63, 3.8) is 0 Å². The van der Waals surface area contributed by atoms with Gasteiger partial charge in [0.1, 0.15) is 17.7 Å². The Bertz CT molecular complexity index is 713. The third-order valence-corrected chi connectivity index (χ3v) is 9.35. The second-order valence-electron chi connectivity index (χ2n) is 10.6. The molecule has 1 saturated heterocycles. The zero-order valence-corrected chi connectivity index (χ0v) is 17.3. The van der Waals surface area contributed by atoms with Crippen LogP contribution in [0.1, 0.15) is 71.6 Å². The van der Waals surface area contributed by atoms with E-state index in [1.165, 1.54) is 0 Å². The van der Waals surface area contributed by atoms with Crippen molar-refractivity contribution >= 4 is 17.3 Å². The molecule has 1 N–H and O–H groups in total. The lowest BCUT2D eigenvalue weighted by Crippen LogP contribution is -2.56. The van der Waals surface area contributed by atoms with E-state index in [1.54, 1.807) is 0 Å². The zero-order valence-electron chi connectivity index (χ0n) is 17.3. The van der Waals surface area contributed by atoms with E-state index in [2.05, 4.69) is 24.3 Å². The van der Waals surface area contributed by atoms with Crippen LogP contribution in [-0.4, -0.2) is 36.5 Å². The summed E-state index contributed by atoms with van der Waals surface area (Å²) in [7, 11) is 0. The molecule has 0 bridgehead atoms. The molecule has 0 aromatic carbocycles. The summed E-state index contributed by atoms with van der Waals surface area (Å²) in [6.45, 7) is 6.42. The number of hydrogen-bond donors (Lipinski definition) is 1. The molecule has 5 heteroatoms. The maximum atomic E-state index is 13.3. The van der Waals surface area contributed by atoms with Crippen LogP contribution >= 0.6 is 0 Å². The standard InChI is InChI=1S/C23H34N2O3/c1-22-8-5-14(25-28-15-7-10-24-13-15)11-19(22)20(26)12-16-17-3-4-21(27)23(17,2)9-6-18(16)22/h15-19,24H,3-13H2,1-2H3/t15?,16-,17-,18-,19+,22+,23-/m0/s1. The summed E-state index contributed by atoms with van der Waals surface area (Å²) >= 11 is 0. The Balaban J connectivity index is 1.35. The van der Waals surface area contributed by atoms with E-state index in [0.717, 1.165) is 70.2 Å². The number of rotatable bonds is 2. The Kier molecular flexibility index (Phi) is 4.46. The third-order valence-electron chi connectivity index (χ3n) is 9.35. The summed E-state index contributed by atoms with van der Waals surface area (Å²) in [6.07, 6.45) is 8.50. The SMILES string of the molecule is C[C@]12CCC(=NOC3CCNC3)C[C@@H]1C(=O)C[C@@H]1[C@@H]2CC[C@]2(C)C(=O)CC[C@@H]12. The first-order valence-electron chi connectivity index (χ1n) is 11.4. The number of ketones is 2. The largest absolute Gasteiger partial charge is 0.391 e. The van der Waals surface area contributed by atoms with E-state index in [1.807, 2.05) is 0 Å². The molecule has 0 radical (unpaired) electrons. The molecule has 4 aliphatic carbocycles. The number of Topliss-reactive ketones (excluding diaryl/α,β-unsaturated/α-hetero) is 2. The van der Waals surface area contributed by atoms with Crippen molar-refractivity contribution in [3.05, 3.63) is 0 Å². The van der Waals surface area contributed by atoms with Crippen molar-refractivity contribution in [2.75, 3.05) is 13.1 Å². The lowest BCUT2D eigenvalue weighted by atomic mass is 9.45. The number of carbonyl (C=O) groups is 2. The van der Waals surface area contributed by atoms with Crippen LogP contribution in [0.2, 0.25) is 0 Å². The van der Waals surface area contributed by atoms with E-state index in [-0.39, 0.29) is 22.9 Å². The van der Waals surface area contributed by atoms with Crippen molar-refractivity contribution in [3.8, 4) is 0 Å². The second-order valence-corrected chi connectivity index (χ2v) is 10.6. The van der Waals surface area contributed by atoms with E-state index < -0.39 is 0 Å². The summed E-state index contributed by atoms with van der Waals surface area (Å²) in [6, 6.07) is 0. The minimum Gasteiger partial charge on any atom is -0.391 e. The van der Waals surface area contributed by atoms with Crippen molar-refractivity contribution < 1.29 is 14.4 Å². The van der Waals surface area contributed by atoms with E-state index in [0.29, 0.717) is 35.7 Å². The molecule has 154 valence electrons. The maximum Gasteiger partial charge on any atom is 0.141 e. The third kappa shape index (κ3) is 2.72. The van der Waals surface area contributed by atoms with Crippen molar-refractivity contribution in [1.82, 2.24) is 5.32 Å². The molecule has 5 fully saturated rings. The monoisotopic (exact) mass is 386 g/mol. The van der Waals surface area contributed by atoms with Crippen LogP contribution in [0.25, 0.3) is 0 Å². The summed E-state index contributed by atoms with van der Waals surface area (Å²) in [4.78, 5) is 31.6. The molecule has 7 atom stereocenters. The van der Waals surface area contributed by atoms with Crippen LogP contribution in [0.3, 0.4) is 0 Å². The molecule has 28 heavy (non-hydrogen) atoms. The first-order chi connectivity index (χ1) is 13.4. The van der Waals surface area contributed by atoms with Crippen LogP contribution in [0.4, 0.5) is 0 Å². The van der Waals surface area contributed by atoms with Crippen LogP contribution < -0.4 is 5.32 Å². The van der Waals surface area contributed by atoms with Gasteiger partial charge in [-0.1, -0.05) is 19.0 Å². The Labute approximate surface area is 168 Å². The number of hydrogen-bond acceptors (Lipinski definition) is 5. The van der Waals surface area contributed by atoms with Crippen LogP contribution in [0.5, 0.6) is 0 Å². The predicted molar refractivity (Wildman–Crippen MR) is 107 cm³/mol. The van der Waals surface area contributed by atoms with Crippen molar-refractivity contribution in [1.29, 1.82) is 0 Å². The Morgan fingerprint density at radius 2 is 1.89 bits per heavy atom. The molecule has 5 nitrogen and oxygen atoms in total. The molecule has 1 heterocycles. The van der Waals surface area contributed by atoms with E-state index in [4.69, 9.17) is 4.84 Å². The molecule has 1 unspecified atom stereocenters. The first kappa shape index (κ1) is 18.8. The average Bonchev–Trinajstić information content (AvgIpc) is 3.29. The minimum atomic E-state index is -0.158. The minimum absolute atomic E-state index is 0.0703. The van der Waals surface area contributed by atoms with Crippen LogP contribution in [-0.2, 0) is 14.4 Å². The average molecular weight is 387 g/mol. The quantitative estimate of drug-likeness (QED) is 0.738. The Morgan fingerprint density at radius 3 is 2.68 bits per heavy atom. The van der Waals surface area contributed by atoms with Gasteiger partial charge in [0.25, 0.3) is 0 Å².